The number of nitrogens with two attached hydrogens (primary N) is 1. The molecule has 1 heterocycles. The zero-order valence-corrected chi connectivity index (χ0v) is 15.2. The van der Waals surface area contributed by atoms with Crippen LogP contribution in [0.2, 0.25) is 0 Å². The molecular weight excluding hydrogens is 292 g/mol. The van der Waals surface area contributed by atoms with Crippen LogP contribution < -0.4 is 10.6 Å². The first-order valence-corrected chi connectivity index (χ1v) is 9.00. The molecule has 0 bridgehead atoms. The number of benzene rings is 1. The highest BCUT2D eigenvalue weighted by Crippen LogP contribution is 2.22. The Bertz CT molecular complexity index is 506. The smallest absolute Gasteiger partial charge is 0.230 e. The van der Waals surface area contributed by atoms with Crippen molar-refractivity contribution in [1.29, 1.82) is 0 Å². The highest BCUT2D eigenvalue weighted by Gasteiger charge is 2.41. The van der Waals surface area contributed by atoms with E-state index >= 15 is 0 Å². The zero-order chi connectivity index (χ0) is 16.4. The van der Waals surface area contributed by atoms with Gasteiger partial charge in [-0.15, -0.1) is 11.8 Å². The highest BCUT2D eigenvalue weighted by molar-refractivity contribution is 8.00. The Hall–Kier alpha value is -1.00. The average molecular weight is 322 g/mol. The van der Waals surface area contributed by atoms with Crippen molar-refractivity contribution in [3.8, 4) is 0 Å². The third kappa shape index (κ3) is 5.33. The number of quaternary nitrogens is 1. The van der Waals surface area contributed by atoms with Gasteiger partial charge in [-0.05, 0) is 46.8 Å². The molecular formula is C18H29N2OS+. The van der Waals surface area contributed by atoms with Crippen LogP contribution in [0, 0.1) is 6.92 Å². The van der Waals surface area contributed by atoms with Gasteiger partial charge in [0.15, 0.2) is 0 Å². The van der Waals surface area contributed by atoms with Gasteiger partial charge in [0.2, 0.25) is 5.91 Å². The Morgan fingerprint density at radius 2 is 1.73 bits per heavy atom. The minimum atomic E-state index is 0.143. The summed E-state index contributed by atoms with van der Waals surface area (Å²) in [7, 11) is 0. The van der Waals surface area contributed by atoms with Gasteiger partial charge in [0, 0.05) is 23.8 Å². The zero-order valence-electron chi connectivity index (χ0n) is 14.4. The van der Waals surface area contributed by atoms with E-state index in [2.05, 4.69) is 69.5 Å². The predicted molar refractivity (Wildman–Crippen MR) is 93.2 cm³/mol. The van der Waals surface area contributed by atoms with Crippen LogP contribution in [0.15, 0.2) is 29.2 Å². The Labute approximate surface area is 138 Å². The Morgan fingerprint density at radius 1 is 1.18 bits per heavy atom. The molecule has 0 spiro atoms. The number of thioether (sulfide) groups is 1. The van der Waals surface area contributed by atoms with E-state index < -0.39 is 0 Å². The molecule has 2 rings (SSSR count). The molecule has 3 N–H and O–H groups in total. The summed E-state index contributed by atoms with van der Waals surface area (Å²) in [4.78, 5) is 13.4. The van der Waals surface area contributed by atoms with Crippen molar-refractivity contribution >= 4 is 17.7 Å². The van der Waals surface area contributed by atoms with E-state index in [4.69, 9.17) is 0 Å². The topological polar surface area (TPSA) is 45.7 Å². The van der Waals surface area contributed by atoms with Gasteiger partial charge in [-0.1, -0.05) is 17.7 Å². The lowest BCUT2D eigenvalue weighted by atomic mass is 9.79. The van der Waals surface area contributed by atoms with E-state index in [1.54, 1.807) is 11.8 Å². The van der Waals surface area contributed by atoms with Gasteiger partial charge in [-0.3, -0.25) is 4.79 Å². The summed E-state index contributed by atoms with van der Waals surface area (Å²) in [5.41, 5.74) is 1.62. The predicted octanol–water partition coefficient (Wildman–Crippen LogP) is 2.49. The highest BCUT2D eigenvalue weighted by atomic mass is 32.2. The average Bonchev–Trinajstić information content (AvgIpc) is 2.34. The van der Waals surface area contributed by atoms with Crippen molar-refractivity contribution in [3.63, 3.8) is 0 Å². The Balaban J connectivity index is 1.85. The fourth-order valence-electron chi connectivity index (χ4n) is 3.67. The molecule has 4 heteroatoms. The molecule has 1 fully saturated rings. The number of nitrogens with one attached hydrogen (secondary N) is 1. The van der Waals surface area contributed by atoms with Crippen molar-refractivity contribution in [3.05, 3.63) is 29.8 Å². The maximum Gasteiger partial charge on any atom is 0.230 e. The largest absolute Gasteiger partial charge is 0.352 e. The molecule has 0 radical (unpaired) electrons. The lowest BCUT2D eigenvalue weighted by Gasteiger charge is -2.43. The summed E-state index contributed by atoms with van der Waals surface area (Å²) >= 11 is 1.61. The summed E-state index contributed by atoms with van der Waals surface area (Å²) in [6.45, 7) is 11.1. The number of rotatable bonds is 4. The summed E-state index contributed by atoms with van der Waals surface area (Å²) in [6, 6.07) is 8.61. The van der Waals surface area contributed by atoms with Crippen LogP contribution in [0.3, 0.4) is 0 Å². The number of piperidine rings is 1. The molecule has 22 heavy (non-hydrogen) atoms. The molecule has 0 unspecified atom stereocenters. The summed E-state index contributed by atoms with van der Waals surface area (Å²) < 4.78 is 0. The molecule has 0 atom stereocenters. The maximum absolute atomic E-state index is 12.2. The van der Waals surface area contributed by atoms with Gasteiger partial charge < -0.3 is 10.6 Å². The van der Waals surface area contributed by atoms with Crippen LogP contribution in [0.4, 0.5) is 0 Å². The molecule has 1 aromatic rings. The van der Waals surface area contributed by atoms with Gasteiger partial charge in [0.1, 0.15) is 0 Å². The third-order valence-corrected chi connectivity index (χ3v) is 5.09. The van der Waals surface area contributed by atoms with E-state index in [0.29, 0.717) is 5.75 Å². The van der Waals surface area contributed by atoms with E-state index in [0.717, 1.165) is 17.7 Å². The molecule has 1 aliphatic rings. The molecule has 122 valence electrons. The lowest BCUT2D eigenvalue weighted by Crippen LogP contribution is -3.06. The maximum atomic E-state index is 12.2. The van der Waals surface area contributed by atoms with Crippen LogP contribution in [0.25, 0.3) is 0 Å². The monoisotopic (exact) mass is 321 g/mol. The molecule has 1 amide bonds. The van der Waals surface area contributed by atoms with E-state index in [9.17, 15) is 4.79 Å². The third-order valence-electron chi connectivity index (χ3n) is 4.08. The standard InChI is InChI=1S/C18H28N2OS/c1-13-6-8-15(9-7-13)22-12-16(21)19-14-10-17(2,3)20-18(4,5)11-14/h6-9,14,20H,10-12H2,1-5H3,(H,19,21)/p+1. The van der Waals surface area contributed by atoms with Gasteiger partial charge >= 0.3 is 0 Å². The minimum absolute atomic E-state index is 0.143. The SMILES string of the molecule is Cc1ccc(SCC(=O)NC2CC(C)(C)[NH2+]C(C)(C)C2)cc1. The molecule has 1 saturated heterocycles. The van der Waals surface area contributed by atoms with Gasteiger partial charge in [-0.2, -0.15) is 0 Å². The lowest BCUT2D eigenvalue weighted by molar-refractivity contribution is -0.787. The summed E-state index contributed by atoms with van der Waals surface area (Å²) in [5.74, 6) is 0.633. The first-order valence-electron chi connectivity index (χ1n) is 8.01. The molecule has 3 nitrogen and oxygen atoms in total. The molecule has 0 aliphatic carbocycles. The van der Waals surface area contributed by atoms with E-state index in [-0.39, 0.29) is 23.0 Å². The quantitative estimate of drug-likeness (QED) is 0.837. The minimum Gasteiger partial charge on any atom is -0.352 e. The number of aryl methyl sites for hydroxylation is 1. The molecule has 1 aromatic carbocycles. The second kappa shape index (κ2) is 6.63. The summed E-state index contributed by atoms with van der Waals surface area (Å²) in [6.07, 6.45) is 2.05. The van der Waals surface area contributed by atoms with Crippen molar-refractivity contribution in [1.82, 2.24) is 5.32 Å². The second-order valence-corrected chi connectivity index (χ2v) is 8.94. The van der Waals surface area contributed by atoms with E-state index in [1.807, 2.05) is 0 Å². The molecule has 1 aliphatic heterocycles. The number of hydrogen-bond acceptors (Lipinski definition) is 2. The summed E-state index contributed by atoms with van der Waals surface area (Å²) in [5, 5.41) is 5.67. The van der Waals surface area contributed by atoms with Crippen molar-refractivity contribution in [2.45, 2.75) is 69.5 Å². The number of hydrogen-bond donors (Lipinski definition) is 2. The van der Waals surface area contributed by atoms with Crippen LogP contribution in [-0.4, -0.2) is 28.8 Å². The van der Waals surface area contributed by atoms with Gasteiger partial charge in [0.05, 0.1) is 16.8 Å². The molecule has 0 aromatic heterocycles. The number of carbonyl (C=O) groups excluding carboxylic acids is 1. The second-order valence-electron chi connectivity index (χ2n) is 7.90. The number of amides is 1. The van der Waals surface area contributed by atoms with E-state index in [1.165, 1.54) is 5.56 Å². The van der Waals surface area contributed by atoms with Crippen LogP contribution >= 0.6 is 11.8 Å². The first-order chi connectivity index (χ1) is 10.2. The fraction of sp³-hybridized carbons (Fsp3) is 0.611. The van der Waals surface area contributed by atoms with Gasteiger partial charge in [-0.25, -0.2) is 0 Å². The van der Waals surface area contributed by atoms with Crippen LogP contribution in [0.1, 0.15) is 46.1 Å². The van der Waals surface area contributed by atoms with Crippen molar-refractivity contribution < 1.29 is 10.1 Å². The van der Waals surface area contributed by atoms with Crippen molar-refractivity contribution in [2.75, 3.05) is 5.75 Å². The van der Waals surface area contributed by atoms with Crippen LogP contribution in [-0.2, 0) is 4.79 Å². The normalized spacial score (nSPS) is 20.6. The molecule has 0 saturated carbocycles. The number of carbonyl (C=O) groups is 1. The van der Waals surface area contributed by atoms with Crippen molar-refractivity contribution in [2.24, 2.45) is 0 Å². The Morgan fingerprint density at radius 3 is 2.27 bits per heavy atom. The Kier molecular flexibility index (Phi) is 5.23. The fourth-order valence-corrected chi connectivity index (χ4v) is 4.38. The van der Waals surface area contributed by atoms with Gasteiger partial charge in [0.25, 0.3) is 0 Å². The first kappa shape index (κ1) is 17.4. The van der Waals surface area contributed by atoms with Crippen LogP contribution in [0.5, 0.6) is 0 Å².